The van der Waals surface area contributed by atoms with Crippen molar-refractivity contribution in [3.05, 3.63) is 56.7 Å². The van der Waals surface area contributed by atoms with Crippen LogP contribution in [0.2, 0.25) is 0 Å². The summed E-state index contributed by atoms with van der Waals surface area (Å²) in [6.45, 7) is 6.95. The highest BCUT2D eigenvalue weighted by atomic mass is 16.2. The summed E-state index contributed by atoms with van der Waals surface area (Å²) in [7, 11) is 1.60. The quantitative estimate of drug-likeness (QED) is 0.452. The Morgan fingerprint density at radius 1 is 1.24 bits per heavy atom. The monoisotopic (exact) mass is 396 g/mol. The minimum absolute atomic E-state index is 0.344. The van der Waals surface area contributed by atoms with Crippen LogP contribution in [0.25, 0.3) is 11.2 Å². The third-order valence-corrected chi connectivity index (χ3v) is 4.82. The average Bonchev–Trinajstić information content (AvgIpc) is 3.07. The number of fused-ring (bicyclic) bond motifs is 1. The van der Waals surface area contributed by atoms with Crippen molar-refractivity contribution in [1.82, 2.24) is 19.1 Å². The van der Waals surface area contributed by atoms with E-state index in [0.29, 0.717) is 29.6 Å². The Bertz CT molecular complexity index is 1120. The second-order valence-electron chi connectivity index (χ2n) is 7.55. The lowest BCUT2D eigenvalue weighted by molar-refractivity contribution is 0.524. The molecule has 0 radical (unpaired) electrons. The summed E-state index contributed by atoms with van der Waals surface area (Å²) in [5.41, 5.74) is 4.81. The van der Waals surface area contributed by atoms with Crippen molar-refractivity contribution in [1.29, 1.82) is 0 Å². The van der Waals surface area contributed by atoms with Gasteiger partial charge in [-0.2, -0.15) is 10.1 Å². The van der Waals surface area contributed by atoms with E-state index in [-0.39, 0.29) is 0 Å². The molecule has 2 aromatic heterocycles. The highest BCUT2D eigenvalue weighted by molar-refractivity contribution is 6.00. The van der Waals surface area contributed by atoms with Gasteiger partial charge in [-0.15, -0.1) is 0 Å². The van der Waals surface area contributed by atoms with Crippen LogP contribution in [-0.4, -0.2) is 24.8 Å². The Labute approximate surface area is 169 Å². The fourth-order valence-corrected chi connectivity index (χ4v) is 3.17. The maximum absolute atomic E-state index is 12.5. The summed E-state index contributed by atoms with van der Waals surface area (Å²) in [6, 6.07) is 9.97. The van der Waals surface area contributed by atoms with E-state index >= 15 is 0 Å². The standard InChI is InChI=1S/C21H28N6O2/c1-5-9-16(15-10-7-6-8-11-15)24-25-20-22-18-17(27(20)13-12-14(2)3)19(28)23-21(29)26(18)4/h6-8,10-11,14H,5,9,12-13H2,1-4H3,(H,22,25)(H,23,28,29). The number of imidazole rings is 1. The Morgan fingerprint density at radius 2 is 1.97 bits per heavy atom. The van der Waals surface area contributed by atoms with E-state index < -0.39 is 11.2 Å². The van der Waals surface area contributed by atoms with Gasteiger partial charge in [0.05, 0.1) is 5.71 Å². The van der Waals surface area contributed by atoms with Gasteiger partial charge in [-0.05, 0) is 24.3 Å². The SMILES string of the molecule is CCCC(=NNc1nc2c(c(=O)[nH]c(=O)n2C)n1CCC(C)C)c1ccccc1. The van der Waals surface area contributed by atoms with E-state index in [4.69, 9.17) is 0 Å². The number of nitrogens with zero attached hydrogens (tertiary/aromatic N) is 4. The summed E-state index contributed by atoms with van der Waals surface area (Å²) >= 11 is 0. The van der Waals surface area contributed by atoms with Crippen LogP contribution in [0.1, 0.15) is 45.6 Å². The van der Waals surface area contributed by atoms with Gasteiger partial charge in [0.15, 0.2) is 11.2 Å². The lowest BCUT2D eigenvalue weighted by Gasteiger charge is -2.11. The van der Waals surface area contributed by atoms with Crippen molar-refractivity contribution in [3.63, 3.8) is 0 Å². The van der Waals surface area contributed by atoms with Crippen LogP contribution < -0.4 is 16.7 Å². The van der Waals surface area contributed by atoms with Crippen LogP contribution in [-0.2, 0) is 13.6 Å². The maximum Gasteiger partial charge on any atom is 0.329 e. The predicted molar refractivity (Wildman–Crippen MR) is 117 cm³/mol. The molecule has 0 atom stereocenters. The largest absolute Gasteiger partial charge is 0.329 e. The topological polar surface area (TPSA) is 97.1 Å². The third-order valence-electron chi connectivity index (χ3n) is 4.82. The van der Waals surface area contributed by atoms with E-state index in [1.807, 2.05) is 34.9 Å². The Balaban J connectivity index is 2.08. The van der Waals surface area contributed by atoms with Gasteiger partial charge in [-0.1, -0.05) is 57.5 Å². The van der Waals surface area contributed by atoms with Gasteiger partial charge < -0.3 is 4.57 Å². The molecule has 154 valence electrons. The molecule has 0 aliphatic heterocycles. The van der Waals surface area contributed by atoms with Crippen molar-refractivity contribution in [2.24, 2.45) is 18.1 Å². The predicted octanol–water partition coefficient (Wildman–Crippen LogP) is 3.09. The van der Waals surface area contributed by atoms with Gasteiger partial charge in [0.2, 0.25) is 5.95 Å². The molecule has 0 aliphatic carbocycles. The van der Waals surface area contributed by atoms with Crippen molar-refractivity contribution in [2.75, 3.05) is 5.43 Å². The first-order chi connectivity index (χ1) is 13.9. The Morgan fingerprint density at radius 3 is 2.62 bits per heavy atom. The van der Waals surface area contributed by atoms with Gasteiger partial charge in [0, 0.05) is 13.6 Å². The number of hydrogen-bond acceptors (Lipinski definition) is 5. The summed E-state index contributed by atoms with van der Waals surface area (Å²) < 4.78 is 3.16. The maximum atomic E-state index is 12.5. The van der Waals surface area contributed by atoms with E-state index in [0.717, 1.165) is 30.5 Å². The summed E-state index contributed by atoms with van der Waals surface area (Å²) in [6.07, 6.45) is 2.63. The molecule has 0 spiro atoms. The number of hydrazone groups is 1. The van der Waals surface area contributed by atoms with E-state index in [9.17, 15) is 9.59 Å². The zero-order valence-electron chi connectivity index (χ0n) is 17.4. The molecule has 29 heavy (non-hydrogen) atoms. The van der Waals surface area contributed by atoms with E-state index in [2.05, 4.69) is 41.3 Å². The lowest BCUT2D eigenvalue weighted by Crippen LogP contribution is -2.29. The highest BCUT2D eigenvalue weighted by Gasteiger charge is 2.17. The number of benzene rings is 1. The van der Waals surface area contributed by atoms with Crippen LogP contribution in [0.15, 0.2) is 45.0 Å². The van der Waals surface area contributed by atoms with Crippen molar-refractivity contribution < 1.29 is 0 Å². The minimum atomic E-state index is -0.484. The second-order valence-corrected chi connectivity index (χ2v) is 7.55. The fourth-order valence-electron chi connectivity index (χ4n) is 3.17. The highest BCUT2D eigenvalue weighted by Crippen LogP contribution is 2.18. The molecular formula is C21H28N6O2. The summed E-state index contributed by atoms with van der Waals surface area (Å²) in [5.74, 6) is 0.910. The fraction of sp³-hybridized carbons (Fsp3) is 0.429. The summed E-state index contributed by atoms with van der Waals surface area (Å²) in [5, 5.41) is 4.60. The molecule has 0 saturated carbocycles. The molecule has 0 unspecified atom stereocenters. The van der Waals surface area contributed by atoms with E-state index in [1.165, 1.54) is 4.57 Å². The van der Waals surface area contributed by atoms with Gasteiger partial charge in [0.25, 0.3) is 5.56 Å². The molecule has 3 rings (SSSR count). The third kappa shape index (κ3) is 4.47. The number of anilines is 1. The molecule has 0 aliphatic rings. The summed E-state index contributed by atoms with van der Waals surface area (Å²) in [4.78, 5) is 31.4. The number of H-pyrrole nitrogens is 1. The molecule has 8 nitrogen and oxygen atoms in total. The van der Waals surface area contributed by atoms with Gasteiger partial charge in [-0.25, -0.2) is 10.2 Å². The minimum Gasteiger partial charge on any atom is -0.303 e. The molecule has 2 N–H and O–H groups in total. The first-order valence-corrected chi connectivity index (χ1v) is 9.99. The number of aromatic nitrogens is 4. The van der Waals surface area contributed by atoms with Crippen LogP contribution >= 0.6 is 0 Å². The molecule has 3 aromatic rings. The second kappa shape index (κ2) is 8.89. The molecule has 0 amide bonds. The number of hydrogen-bond donors (Lipinski definition) is 2. The van der Waals surface area contributed by atoms with Crippen molar-refractivity contribution in [2.45, 2.75) is 46.6 Å². The van der Waals surface area contributed by atoms with Crippen LogP contribution in [0.3, 0.4) is 0 Å². The molecule has 8 heteroatoms. The Kier molecular flexibility index (Phi) is 6.31. The van der Waals surface area contributed by atoms with Crippen molar-refractivity contribution in [3.8, 4) is 0 Å². The zero-order chi connectivity index (χ0) is 21.0. The van der Waals surface area contributed by atoms with Crippen LogP contribution in [0, 0.1) is 5.92 Å². The van der Waals surface area contributed by atoms with Crippen LogP contribution in [0.5, 0.6) is 0 Å². The molecule has 0 fully saturated rings. The first-order valence-electron chi connectivity index (χ1n) is 9.99. The molecule has 0 bridgehead atoms. The van der Waals surface area contributed by atoms with E-state index in [1.54, 1.807) is 7.05 Å². The normalized spacial score (nSPS) is 12.1. The number of aromatic amines is 1. The zero-order valence-corrected chi connectivity index (χ0v) is 17.4. The number of rotatable bonds is 8. The molecule has 0 saturated heterocycles. The van der Waals surface area contributed by atoms with Gasteiger partial charge in [-0.3, -0.25) is 14.3 Å². The molecular weight excluding hydrogens is 368 g/mol. The average molecular weight is 396 g/mol. The number of aryl methyl sites for hydroxylation is 2. The van der Waals surface area contributed by atoms with Gasteiger partial charge >= 0.3 is 5.69 Å². The van der Waals surface area contributed by atoms with Gasteiger partial charge in [0.1, 0.15) is 0 Å². The first kappa shape index (κ1) is 20.6. The molecule has 2 heterocycles. The Hall–Kier alpha value is -3.16. The van der Waals surface area contributed by atoms with Crippen LogP contribution in [0.4, 0.5) is 5.95 Å². The molecule has 1 aromatic carbocycles. The van der Waals surface area contributed by atoms with Crippen molar-refractivity contribution >= 4 is 22.8 Å². The number of nitrogens with one attached hydrogen (secondary N) is 2. The smallest absolute Gasteiger partial charge is 0.303 e. The lowest BCUT2D eigenvalue weighted by atomic mass is 10.1.